The lowest BCUT2D eigenvalue weighted by molar-refractivity contribution is -0.389. The van der Waals surface area contributed by atoms with Crippen molar-refractivity contribution in [3.8, 4) is 0 Å². The van der Waals surface area contributed by atoms with E-state index in [0.29, 0.717) is 12.6 Å². The van der Waals surface area contributed by atoms with E-state index in [4.69, 9.17) is 0 Å². The molecule has 23 heavy (non-hydrogen) atoms. The van der Waals surface area contributed by atoms with E-state index in [9.17, 15) is 10.1 Å². The van der Waals surface area contributed by atoms with Crippen LogP contribution in [0.4, 0.5) is 5.82 Å². The van der Waals surface area contributed by atoms with Crippen molar-refractivity contribution in [1.82, 2.24) is 24.5 Å². The van der Waals surface area contributed by atoms with Crippen molar-refractivity contribution in [2.45, 2.75) is 56.8 Å². The average molecular weight is 336 g/mol. The van der Waals surface area contributed by atoms with Crippen LogP contribution < -0.4 is 0 Å². The van der Waals surface area contributed by atoms with Gasteiger partial charge in [0, 0.05) is 11.8 Å². The summed E-state index contributed by atoms with van der Waals surface area (Å²) in [4.78, 5) is 10.2. The van der Waals surface area contributed by atoms with Gasteiger partial charge in [0.1, 0.15) is 5.82 Å². The Balaban J connectivity index is 1.60. The average Bonchev–Trinajstić information content (AvgIpc) is 3.16. The van der Waals surface area contributed by atoms with E-state index in [2.05, 4.69) is 19.9 Å². The second-order valence-electron chi connectivity index (χ2n) is 5.73. The van der Waals surface area contributed by atoms with Gasteiger partial charge >= 0.3 is 5.82 Å². The standard InChI is InChI=1S/C14H20N6O2S/c1-11-15-16-14(19(11)12-5-3-2-4-6-12)23-10-9-18-8-7-13(17-18)20(21)22/h7-8,12H,2-6,9-10H2,1H3. The lowest BCUT2D eigenvalue weighted by Gasteiger charge is -2.24. The molecule has 0 spiro atoms. The number of nitro groups is 1. The van der Waals surface area contributed by atoms with Gasteiger partial charge < -0.3 is 14.7 Å². The van der Waals surface area contributed by atoms with Gasteiger partial charge in [-0.15, -0.1) is 10.2 Å². The Morgan fingerprint density at radius 2 is 2.13 bits per heavy atom. The Kier molecular flexibility index (Phi) is 4.94. The number of hydrogen-bond donors (Lipinski definition) is 0. The van der Waals surface area contributed by atoms with Crippen molar-refractivity contribution < 1.29 is 4.92 Å². The van der Waals surface area contributed by atoms with E-state index in [1.807, 2.05) is 6.92 Å². The van der Waals surface area contributed by atoms with Crippen molar-refractivity contribution in [2.75, 3.05) is 5.75 Å². The van der Waals surface area contributed by atoms with Gasteiger partial charge in [0.25, 0.3) is 0 Å². The summed E-state index contributed by atoms with van der Waals surface area (Å²) in [6.45, 7) is 2.61. The highest BCUT2D eigenvalue weighted by Gasteiger charge is 2.21. The van der Waals surface area contributed by atoms with Gasteiger partial charge in [-0.1, -0.05) is 31.0 Å². The first-order valence-corrected chi connectivity index (χ1v) is 8.86. The molecule has 0 bridgehead atoms. The quantitative estimate of drug-likeness (QED) is 0.457. The molecule has 8 nitrogen and oxygen atoms in total. The minimum absolute atomic E-state index is 0.115. The number of thioether (sulfide) groups is 1. The normalized spacial score (nSPS) is 15.9. The van der Waals surface area contributed by atoms with Crippen molar-refractivity contribution in [2.24, 2.45) is 0 Å². The maximum absolute atomic E-state index is 10.6. The van der Waals surface area contributed by atoms with Crippen LogP contribution in [0.1, 0.15) is 44.0 Å². The predicted molar refractivity (Wildman–Crippen MR) is 86.5 cm³/mol. The van der Waals surface area contributed by atoms with Crippen LogP contribution in [-0.2, 0) is 6.54 Å². The van der Waals surface area contributed by atoms with Gasteiger partial charge in [-0.3, -0.25) is 0 Å². The Bertz CT molecular complexity index is 677. The summed E-state index contributed by atoms with van der Waals surface area (Å²) in [7, 11) is 0. The summed E-state index contributed by atoms with van der Waals surface area (Å²) < 4.78 is 3.86. The monoisotopic (exact) mass is 336 g/mol. The maximum atomic E-state index is 10.6. The number of nitrogens with zero attached hydrogens (tertiary/aromatic N) is 6. The molecule has 0 aromatic carbocycles. The molecule has 2 aromatic rings. The molecule has 0 saturated heterocycles. The molecule has 0 aliphatic heterocycles. The highest BCUT2D eigenvalue weighted by Crippen LogP contribution is 2.32. The lowest BCUT2D eigenvalue weighted by atomic mass is 9.95. The van der Waals surface area contributed by atoms with Gasteiger partial charge in [-0.05, 0) is 24.7 Å². The fourth-order valence-corrected chi connectivity index (χ4v) is 3.99. The van der Waals surface area contributed by atoms with Crippen LogP contribution in [0.25, 0.3) is 0 Å². The second kappa shape index (κ2) is 7.12. The second-order valence-corrected chi connectivity index (χ2v) is 6.80. The van der Waals surface area contributed by atoms with E-state index in [0.717, 1.165) is 16.7 Å². The number of aryl methyl sites for hydroxylation is 2. The summed E-state index contributed by atoms with van der Waals surface area (Å²) >= 11 is 1.63. The van der Waals surface area contributed by atoms with E-state index in [1.54, 1.807) is 22.6 Å². The molecule has 0 amide bonds. The van der Waals surface area contributed by atoms with Crippen molar-refractivity contribution >= 4 is 17.6 Å². The fourth-order valence-electron chi connectivity index (χ4n) is 3.01. The Hall–Kier alpha value is -1.90. The SMILES string of the molecule is Cc1nnc(SCCn2ccc([N+](=O)[O-])n2)n1C1CCCCC1. The Morgan fingerprint density at radius 3 is 2.83 bits per heavy atom. The first-order valence-electron chi connectivity index (χ1n) is 7.87. The van der Waals surface area contributed by atoms with Crippen LogP contribution in [0, 0.1) is 17.0 Å². The zero-order chi connectivity index (χ0) is 16.2. The molecule has 0 unspecified atom stereocenters. The van der Waals surface area contributed by atoms with Gasteiger partial charge in [-0.25, -0.2) is 0 Å². The summed E-state index contributed by atoms with van der Waals surface area (Å²) in [5.41, 5.74) is 0. The Morgan fingerprint density at radius 1 is 1.35 bits per heavy atom. The van der Waals surface area contributed by atoms with Crippen LogP contribution in [0.2, 0.25) is 0 Å². The first kappa shape index (κ1) is 16.0. The zero-order valence-electron chi connectivity index (χ0n) is 13.1. The fraction of sp³-hybridized carbons (Fsp3) is 0.643. The molecule has 0 atom stereocenters. The molecule has 2 heterocycles. The van der Waals surface area contributed by atoms with Gasteiger partial charge in [0.05, 0.1) is 23.9 Å². The molecule has 1 fully saturated rings. The molecular weight excluding hydrogens is 316 g/mol. The summed E-state index contributed by atoms with van der Waals surface area (Å²) in [6.07, 6.45) is 7.87. The molecule has 9 heteroatoms. The summed E-state index contributed by atoms with van der Waals surface area (Å²) in [5.74, 6) is 1.61. The molecule has 0 N–H and O–H groups in total. The smallest absolute Gasteiger partial charge is 0.358 e. The van der Waals surface area contributed by atoms with Crippen molar-refractivity contribution in [3.05, 3.63) is 28.2 Å². The minimum Gasteiger partial charge on any atom is -0.358 e. The van der Waals surface area contributed by atoms with E-state index < -0.39 is 4.92 Å². The van der Waals surface area contributed by atoms with Crippen LogP contribution in [-0.4, -0.2) is 35.2 Å². The highest BCUT2D eigenvalue weighted by molar-refractivity contribution is 7.99. The number of rotatable bonds is 6. The van der Waals surface area contributed by atoms with Crippen LogP contribution in [0.15, 0.2) is 17.4 Å². The van der Waals surface area contributed by atoms with Gasteiger partial charge in [0.2, 0.25) is 0 Å². The molecular formula is C14H20N6O2S. The number of hydrogen-bond acceptors (Lipinski definition) is 6. The summed E-state index contributed by atoms with van der Waals surface area (Å²) in [5, 5.41) is 24.0. The van der Waals surface area contributed by atoms with Gasteiger partial charge in [0.15, 0.2) is 5.16 Å². The molecule has 1 aliphatic carbocycles. The lowest BCUT2D eigenvalue weighted by Crippen LogP contribution is -2.15. The topological polar surface area (TPSA) is 91.7 Å². The predicted octanol–water partition coefficient (Wildman–Crippen LogP) is 2.99. The molecule has 124 valence electrons. The third kappa shape index (κ3) is 3.72. The van der Waals surface area contributed by atoms with E-state index in [1.165, 1.54) is 38.2 Å². The minimum atomic E-state index is -0.479. The number of aromatic nitrogens is 5. The summed E-state index contributed by atoms with van der Waals surface area (Å²) in [6, 6.07) is 1.92. The van der Waals surface area contributed by atoms with Crippen LogP contribution in [0.3, 0.4) is 0 Å². The van der Waals surface area contributed by atoms with E-state index >= 15 is 0 Å². The molecule has 1 saturated carbocycles. The zero-order valence-corrected chi connectivity index (χ0v) is 13.9. The molecule has 1 aliphatic rings. The van der Waals surface area contributed by atoms with Crippen LogP contribution in [0.5, 0.6) is 0 Å². The molecule has 2 aromatic heterocycles. The molecule has 3 rings (SSSR count). The molecule has 0 radical (unpaired) electrons. The first-order chi connectivity index (χ1) is 11.1. The third-order valence-electron chi connectivity index (χ3n) is 4.14. The third-order valence-corrected chi connectivity index (χ3v) is 5.06. The highest BCUT2D eigenvalue weighted by atomic mass is 32.2. The van der Waals surface area contributed by atoms with Crippen molar-refractivity contribution in [1.29, 1.82) is 0 Å². The van der Waals surface area contributed by atoms with Crippen LogP contribution >= 0.6 is 11.8 Å². The largest absolute Gasteiger partial charge is 0.389 e. The van der Waals surface area contributed by atoms with Gasteiger partial charge in [-0.2, -0.15) is 4.68 Å². The van der Waals surface area contributed by atoms with E-state index in [-0.39, 0.29) is 5.82 Å². The maximum Gasteiger partial charge on any atom is 0.389 e. The van der Waals surface area contributed by atoms with Crippen molar-refractivity contribution in [3.63, 3.8) is 0 Å². The Labute approximate surface area is 138 Å².